The first-order valence-corrected chi connectivity index (χ1v) is 7.10. The van der Waals surface area contributed by atoms with E-state index in [-0.39, 0.29) is 0 Å². The van der Waals surface area contributed by atoms with Crippen LogP contribution in [0.2, 0.25) is 0 Å². The van der Waals surface area contributed by atoms with Gasteiger partial charge >= 0.3 is 0 Å². The van der Waals surface area contributed by atoms with E-state index >= 15 is 0 Å². The van der Waals surface area contributed by atoms with Crippen LogP contribution in [-0.4, -0.2) is 25.0 Å². The van der Waals surface area contributed by atoms with Gasteiger partial charge in [-0.2, -0.15) is 0 Å². The molecule has 2 N–H and O–H groups in total. The molecule has 1 aliphatic carbocycles. The number of piperidine rings is 1. The highest BCUT2D eigenvalue weighted by Crippen LogP contribution is 2.58. The highest BCUT2D eigenvalue weighted by Gasteiger charge is 2.57. The third-order valence-corrected chi connectivity index (χ3v) is 4.97. The molecule has 3 nitrogen and oxygen atoms in total. The Morgan fingerprint density at radius 3 is 2.65 bits per heavy atom. The van der Waals surface area contributed by atoms with Gasteiger partial charge in [-0.25, -0.2) is 0 Å². The van der Waals surface area contributed by atoms with Crippen LogP contribution in [0.15, 0.2) is 0 Å². The maximum absolute atomic E-state index is 12.2. The molecule has 3 atom stereocenters. The maximum Gasteiger partial charge on any atom is 0.223 e. The highest BCUT2D eigenvalue weighted by atomic mass is 16.2. The molecule has 2 aliphatic rings. The van der Waals surface area contributed by atoms with E-state index in [9.17, 15) is 4.79 Å². The van der Waals surface area contributed by atoms with Crippen molar-refractivity contribution in [3.8, 4) is 0 Å². The molecule has 2 fully saturated rings. The average Bonchev–Trinajstić information content (AvgIpc) is 3.02. The Morgan fingerprint density at radius 1 is 1.41 bits per heavy atom. The van der Waals surface area contributed by atoms with Crippen molar-refractivity contribution in [2.45, 2.75) is 52.5 Å². The summed E-state index contributed by atoms with van der Waals surface area (Å²) in [5.74, 6) is 1.18. The average molecular weight is 238 g/mol. The predicted octanol–water partition coefficient (Wildman–Crippen LogP) is 1.93. The van der Waals surface area contributed by atoms with Gasteiger partial charge in [0.2, 0.25) is 5.91 Å². The molecule has 2 rings (SSSR count). The zero-order valence-electron chi connectivity index (χ0n) is 11.4. The Bertz CT molecular complexity index is 284. The summed E-state index contributed by atoms with van der Waals surface area (Å²) in [5.41, 5.74) is 0.366. The fourth-order valence-corrected chi connectivity index (χ4v) is 3.02. The van der Waals surface area contributed by atoms with Crippen molar-refractivity contribution in [1.82, 2.24) is 10.6 Å². The Morgan fingerprint density at radius 2 is 2.06 bits per heavy atom. The number of amides is 1. The normalized spacial score (nSPS) is 29.7. The first-order chi connectivity index (χ1) is 8.09. The largest absolute Gasteiger partial charge is 0.353 e. The van der Waals surface area contributed by atoms with Crippen molar-refractivity contribution in [3.05, 3.63) is 0 Å². The fraction of sp³-hybridized carbons (Fsp3) is 0.929. The minimum absolute atomic E-state index is 0.302. The van der Waals surface area contributed by atoms with Gasteiger partial charge in [-0.3, -0.25) is 4.79 Å². The van der Waals surface area contributed by atoms with Crippen LogP contribution in [0.3, 0.4) is 0 Å². The molecule has 1 spiro atoms. The van der Waals surface area contributed by atoms with Crippen LogP contribution in [-0.2, 0) is 4.79 Å². The van der Waals surface area contributed by atoms with E-state index in [0.717, 1.165) is 25.9 Å². The molecule has 1 heterocycles. The van der Waals surface area contributed by atoms with E-state index < -0.39 is 0 Å². The summed E-state index contributed by atoms with van der Waals surface area (Å²) in [6.07, 6.45) is 4.61. The molecule has 1 saturated heterocycles. The Balaban J connectivity index is 1.82. The molecule has 3 heteroatoms. The van der Waals surface area contributed by atoms with Crippen LogP contribution >= 0.6 is 0 Å². The van der Waals surface area contributed by atoms with Gasteiger partial charge in [0.25, 0.3) is 0 Å². The van der Waals surface area contributed by atoms with Gasteiger partial charge in [-0.05, 0) is 50.6 Å². The maximum atomic E-state index is 12.2. The quantitative estimate of drug-likeness (QED) is 0.786. The van der Waals surface area contributed by atoms with E-state index in [4.69, 9.17) is 0 Å². The zero-order chi connectivity index (χ0) is 12.5. The van der Waals surface area contributed by atoms with E-state index in [1.165, 1.54) is 12.8 Å². The monoisotopic (exact) mass is 238 g/mol. The molecule has 1 amide bonds. The summed E-state index contributed by atoms with van der Waals surface area (Å²) in [6.45, 7) is 8.69. The van der Waals surface area contributed by atoms with Crippen molar-refractivity contribution < 1.29 is 4.79 Å². The van der Waals surface area contributed by atoms with Gasteiger partial charge in [0.05, 0.1) is 0 Å². The van der Waals surface area contributed by atoms with Crippen LogP contribution < -0.4 is 10.6 Å². The van der Waals surface area contributed by atoms with Gasteiger partial charge in [0, 0.05) is 12.0 Å². The SMILES string of the molecule is CCC(C)C(C)NC(=O)C1CC12CCNCC2. The third-order valence-electron chi connectivity index (χ3n) is 4.97. The standard InChI is InChI=1S/C14H26N2O/c1-4-10(2)11(3)16-13(17)12-9-14(12)5-7-15-8-6-14/h10-12,15H,4-9H2,1-3H3,(H,16,17). The summed E-state index contributed by atoms with van der Waals surface area (Å²) in [6, 6.07) is 0.312. The first kappa shape index (κ1) is 12.9. The van der Waals surface area contributed by atoms with Crippen LogP contribution in [0.25, 0.3) is 0 Å². The van der Waals surface area contributed by atoms with Crippen molar-refractivity contribution in [2.24, 2.45) is 17.3 Å². The lowest BCUT2D eigenvalue weighted by Gasteiger charge is -2.24. The summed E-state index contributed by atoms with van der Waals surface area (Å²) < 4.78 is 0. The van der Waals surface area contributed by atoms with Gasteiger partial charge in [-0.1, -0.05) is 20.3 Å². The molecule has 1 saturated carbocycles. The second-order valence-electron chi connectivity index (χ2n) is 6.05. The smallest absolute Gasteiger partial charge is 0.223 e. The summed E-state index contributed by atoms with van der Waals surface area (Å²) in [7, 11) is 0. The zero-order valence-corrected chi connectivity index (χ0v) is 11.4. The molecular formula is C14H26N2O. The van der Waals surface area contributed by atoms with Crippen LogP contribution in [0.1, 0.15) is 46.5 Å². The third kappa shape index (κ3) is 2.65. The van der Waals surface area contributed by atoms with Gasteiger partial charge in [-0.15, -0.1) is 0 Å². The topological polar surface area (TPSA) is 41.1 Å². The Labute approximate surface area is 105 Å². The molecule has 0 aromatic heterocycles. The van der Waals surface area contributed by atoms with Gasteiger partial charge in [0.15, 0.2) is 0 Å². The number of hydrogen-bond donors (Lipinski definition) is 2. The lowest BCUT2D eigenvalue weighted by atomic mass is 9.91. The first-order valence-electron chi connectivity index (χ1n) is 7.10. The van der Waals surface area contributed by atoms with E-state index in [1.807, 2.05) is 0 Å². The van der Waals surface area contributed by atoms with E-state index in [0.29, 0.717) is 29.2 Å². The summed E-state index contributed by atoms with van der Waals surface area (Å²) in [4.78, 5) is 12.2. The van der Waals surface area contributed by atoms with Crippen LogP contribution in [0, 0.1) is 17.3 Å². The minimum Gasteiger partial charge on any atom is -0.353 e. The molecule has 3 unspecified atom stereocenters. The summed E-state index contributed by atoms with van der Waals surface area (Å²) in [5, 5.41) is 6.58. The van der Waals surface area contributed by atoms with Crippen LogP contribution in [0.5, 0.6) is 0 Å². The lowest BCUT2D eigenvalue weighted by Crippen LogP contribution is -2.40. The molecule has 0 aromatic rings. The Kier molecular flexibility index (Phi) is 3.76. The van der Waals surface area contributed by atoms with Crippen molar-refractivity contribution >= 4 is 5.91 Å². The van der Waals surface area contributed by atoms with E-state index in [1.54, 1.807) is 0 Å². The predicted molar refractivity (Wildman–Crippen MR) is 69.7 cm³/mol. The number of nitrogens with one attached hydrogen (secondary N) is 2. The van der Waals surface area contributed by atoms with Crippen molar-refractivity contribution in [1.29, 1.82) is 0 Å². The van der Waals surface area contributed by atoms with Crippen molar-refractivity contribution in [3.63, 3.8) is 0 Å². The number of carbonyl (C=O) groups excluding carboxylic acids is 1. The Hall–Kier alpha value is -0.570. The number of carbonyl (C=O) groups is 1. The van der Waals surface area contributed by atoms with Gasteiger partial charge in [0.1, 0.15) is 0 Å². The summed E-state index contributed by atoms with van der Waals surface area (Å²) >= 11 is 0. The van der Waals surface area contributed by atoms with Crippen LogP contribution in [0.4, 0.5) is 0 Å². The lowest BCUT2D eigenvalue weighted by molar-refractivity contribution is -0.124. The molecule has 0 aromatic carbocycles. The molecular weight excluding hydrogens is 212 g/mol. The number of hydrogen-bond acceptors (Lipinski definition) is 2. The van der Waals surface area contributed by atoms with E-state index in [2.05, 4.69) is 31.4 Å². The van der Waals surface area contributed by atoms with Gasteiger partial charge < -0.3 is 10.6 Å². The molecule has 1 aliphatic heterocycles. The molecule has 17 heavy (non-hydrogen) atoms. The molecule has 98 valence electrons. The second-order valence-corrected chi connectivity index (χ2v) is 6.05. The minimum atomic E-state index is 0.302. The highest BCUT2D eigenvalue weighted by molar-refractivity contribution is 5.82. The van der Waals surface area contributed by atoms with Crippen molar-refractivity contribution in [2.75, 3.05) is 13.1 Å². The molecule has 0 bridgehead atoms. The molecule has 0 radical (unpaired) electrons. The second kappa shape index (κ2) is 4.97. The number of rotatable bonds is 4. The fourth-order valence-electron chi connectivity index (χ4n) is 3.02.